The molecule has 0 N–H and O–H groups in total. The Morgan fingerprint density at radius 1 is 0.943 bits per heavy atom. The lowest BCUT2D eigenvalue weighted by Gasteiger charge is -2.33. The first kappa shape index (κ1) is 21.3. The van der Waals surface area contributed by atoms with Crippen molar-refractivity contribution in [3.63, 3.8) is 0 Å². The summed E-state index contributed by atoms with van der Waals surface area (Å²) < 4.78 is 7.74. The molecule has 2 aromatic carbocycles. The van der Waals surface area contributed by atoms with E-state index in [1.54, 1.807) is 13.1 Å². The fraction of sp³-hybridized carbons (Fsp3) is 0.214. The summed E-state index contributed by atoms with van der Waals surface area (Å²) in [5, 5.41) is 4.19. The van der Waals surface area contributed by atoms with Gasteiger partial charge < -0.3 is 14.0 Å². The van der Waals surface area contributed by atoms with Crippen molar-refractivity contribution < 1.29 is 9.32 Å². The number of amides is 1. The minimum Gasteiger partial charge on any atom is -0.360 e. The third-order valence-corrected chi connectivity index (χ3v) is 6.73. The van der Waals surface area contributed by atoms with E-state index in [0.29, 0.717) is 30.1 Å². The van der Waals surface area contributed by atoms with Gasteiger partial charge in [-0.05, 0) is 44.0 Å². The molecule has 1 amide bonds. The number of hydrogen-bond donors (Lipinski definition) is 0. The normalized spacial score (nSPS) is 14.5. The Morgan fingerprint density at radius 3 is 2.46 bits per heavy atom. The Morgan fingerprint density at radius 2 is 1.69 bits per heavy atom. The average molecular weight is 464 g/mol. The fourth-order valence-corrected chi connectivity index (χ4v) is 4.99. The van der Waals surface area contributed by atoms with E-state index in [-0.39, 0.29) is 11.9 Å². The number of likely N-dealkylation sites (tertiary alicyclic amines) is 1. The van der Waals surface area contributed by atoms with Crippen LogP contribution < -0.4 is 0 Å². The molecule has 6 rings (SSSR count). The van der Waals surface area contributed by atoms with Crippen LogP contribution in [0.15, 0.2) is 83.5 Å². The Bertz CT molecular complexity index is 1480. The van der Waals surface area contributed by atoms with Crippen molar-refractivity contribution in [2.24, 2.45) is 0 Å². The lowest BCUT2D eigenvalue weighted by atomic mass is 10.0. The number of hydrogen-bond acceptors (Lipinski definition) is 5. The maximum Gasteiger partial charge on any atom is 0.259 e. The largest absolute Gasteiger partial charge is 0.360 e. The van der Waals surface area contributed by atoms with Crippen LogP contribution in [0.4, 0.5) is 0 Å². The number of rotatable bonds is 4. The Balaban J connectivity index is 1.28. The van der Waals surface area contributed by atoms with Crippen molar-refractivity contribution >= 4 is 16.9 Å². The van der Waals surface area contributed by atoms with Gasteiger partial charge in [0.25, 0.3) is 5.91 Å². The number of pyridine rings is 1. The highest BCUT2D eigenvalue weighted by molar-refractivity contribution is 6.00. The molecule has 0 aliphatic carbocycles. The van der Waals surface area contributed by atoms with Crippen molar-refractivity contribution in [3.05, 3.63) is 90.3 Å². The van der Waals surface area contributed by atoms with Crippen LogP contribution in [0.3, 0.4) is 0 Å². The number of benzene rings is 2. The van der Waals surface area contributed by atoms with Crippen LogP contribution in [0.1, 0.15) is 35.0 Å². The van der Waals surface area contributed by atoms with Crippen LogP contribution in [-0.2, 0) is 0 Å². The van der Waals surface area contributed by atoms with E-state index in [9.17, 15) is 4.79 Å². The minimum absolute atomic E-state index is 0.0264. The molecule has 0 spiro atoms. The van der Waals surface area contributed by atoms with Crippen molar-refractivity contribution in [2.75, 3.05) is 13.1 Å². The molecule has 4 heterocycles. The molecule has 0 saturated carbocycles. The molecule has 1 aliphatic rings. The van der Waals surface area contributed by atoms with Crippen molar-refractivity contribution in [1.82, 2.24) is 24.6 Å². The summed E-state index contributed by atoms with van der Waals surface area (Å²) in [4.78, 5) is 25.0. The summed E-state index contributed by atoms with van der Waals surface area (Å²) in [6, 6.07) is 24.0. The molecule has 7 nitrogen and oxygen atoms in total. The van der Waals surface area contributed by atoms with Crippen LogP contribution in [0, 0.1) is 6.92 Å². The SMILES string of the molecule is Cc1onc(-c2ccccc2)c1C(=O)N1CCC(n2c(-c3ccccn3)nc3ccccc32)CC1. The Kier molecular flexibility index (Phi) is 5.37. The van der Waals surface area contributed by atoms with E-state index in [1.165, 1.54) is 0 Å². The first-order chi connectivity index (χ1) is 17.2. The van der Waals surface area contributed by atoms with Gasteiger partial charge in [-0.25, -0.2) is 4.98 Å². The van der Waals surface area contributed by atoms with Gasteiger partial charge in [-0.2, -0.15) is 0 Å². The molecule has 0 unspecified atom stereocenters. The minimum atomic E-state index is -0.0264. The monoisotopic (exact) mass is 463 g/mol. The quantitative estimate of drug-likeness (QED) is 0.350. The molecule has 35 heavy (non-hydrogen) atoms. The third-order valence-electron chi connectivity index (χ3n) is 6.73. The molecule has 0 atom stereocenters. The van der Waals surface area contributed by atoms with Crippen molar-refractivity contribution in [3.8, 4) is 22.8 Å². The van der Waals surface area contributed by atoms with Gasteiger partial charge in [0.1, 0.15) is 22.7 Å². The number of piperidine rings is 1. The molecule has 3 aromatic heterocycles. The van der Waals surface area contributed by atoms with Crippen LogP contribution in [-0.4, -0.2) is 43.6 Å². The highest BCUT2D eigenvalue weighted by atomic mass is 16.5. The molecular weight excluding hydrogens is 438 g/mol. The average Bonchev–Trinajstić information content (AvgIpc) is 3.50. The standard InChI is InChI=1S/C28H25N5O2/c1-19-25(26(31-35-19)20-9-3-2-4-10-20)28(34)32-17-14-21(15-18-32)33-24-13-6-5-11-22(24)30-27(33)23-12-7-8-16-29-23/h2-13,16,21H,14-15,17-18H2,1H3. The summed E-state index contributed by atoms with van der Waals surface area (Å²) in [6.45, 7) is 3.10. The van der Waals surface area contributed by atoms with E-state index in [0.717, 1.165) is 41.0 Å². The van der Waals surface area contributed by atoms with Gasteiger partial charge in [0.15, 0.2) is 5.82 Å². The molecule has 1 saturated heterocycles. The highest BCUT2D eigenvalue weighted by Gasteiger charge is 2.31. The highest BCUT2D eigenvalue weighted by Crippen LogP contribution is 2.34. The number of para-hydroxylation sites is 2. The van der Waals surface area contributed by atoms with Gasteiger partial charge in [-0.1, -0.05) is 53.7 Å². The number of imidazole rings is 1. The van der Waals surface area contributed by atoms with Crippen LogP contribution >= 0.6 is 0 Å². The third kappa shape index (κ3) is 3.79. The molecule has 1 aliphatic heterocycles. The molecule has 5 aromatic rings. The lowest BCUT2D eigenvalue weighted by molar-refractivity contribution is 0.0695. The predicted molar refractivity (Wildman–Crippen MR) is 134 cm³/mol. The zero-order valence-corrected chi connectivity index (χ0v) is 19.5. The first-order valence-electron chi connectivity index (χ1n) is 11.9. The topological polar surface area (TPSA) is 77.0 Å². The van der Waals surface area contributed by atoms with E-state index in [1.807, 2.05) is 71.6 Å². The van der Waals surface area contributed by atoms with Crippen LogP contribution in [0.5, 0.6) is 0 Å². The summed E-state index contributed by atoms with van der Waals surface area (Å²) in [5.41, 5.74) is 4.95. The van der Waals surface area contributed by atoms with E-state index < -0.39 is 0 Å². The molecule has 0 bridgehead atoms. The van der Waals surface area contributed by atoms with Crippen LogP contribution in [0.25, 0.3) is 33.8 Å². The zero-order chi connectivity index (χ0) is 23.8. The fourth-order valence-electron chi connectivity index (χ4n) is 4.99. The van der Waals surface area contributed by atoms with Crippen molar-refractivity contribution in [2.45, 2.75) is 25.8 Å². The lowest BCUT2D eigenvalue weighted by Crippen LogP contribution is -2.39. The van der Waals surface area contributed by atoms with Gasteiger partial charge in [0, 0.05) is 30.9 Å². The Hall–Kier alpha value is -4.26. The zero-order valence-electron chi connectivity index (χ0n) is 19.5. The van der Waals surface area contributed by atoms with Gasteiger partial charge in [-0.15, -0.1) is 0 Å². The molecule has 1 fully saturated rings. The summed E-state index contributed by atoms with van der Waals surface area (Å²) >= 11 is 0. The predicted octanol–water partition coefficient (Wildman–Crippen LogP) is 5.54. The van der Waals surface area contributed by atoms with Gasteiger partial charge in [-0.3, -0.25) is 9.78 Å². The van der Waals surface area contributed by atoms with Crippen LogP contribution in [0.2, 0.25) is 0 Å². The maximum atomic E-state index is 13.6. The summed E-state index contributed by atoms with van der Waals surface area (Å²) in [7, 11) is 0. The maximum absolute atomic E-state index is 13.6. The molecule has 174 valence electrons. The number of carbonyl (C=O) groups excluding carboxylic acids is 1. The summed E-state index contributed by atoms with van der Waals surface area (Å²) in [5.74, 6) is 1.40. The second kappa shape index (κ2) is 8.83. The van der Waals surface area contributed by atoms with Gasteiger partial charge in [0.05, 0.1) is 11.0 Å². The van der Waals surface area contributed by atoms with Crippen molar-refractivity contribution in [1.29, 1.82) is 0 Å². The first-order valence-corrected chi connectivity index (χ1v) is 11.9. The number of aryl methyl sites for hydroxylation is 1. The number of nitrogens with zero attached hydrogens (tertiary/aromatic N) is 5. The summed E-state index contributed by atoms with van der Waals surface area (Å²) in [6.07, 6.45) is 3.46. The number of carbonyl (C=O) groups is 1. The molecular formula is C28H25N5O2. The van der Waals surface area contributed by atoms with E-state index >= 15 is 0 Å². The number of aromatic nitrogens is 4. The van der Waals surface area contributed by atoms with Gasteiger partial charge in [0.2, 0.25) is 0 Å². The molecule has 0 radical (unpaired) electrons. The second-order valence-electron chi connectivity index (χ2n) is 8.86. The second-order valence-corrected chi connectivity index (χ2v) is 8.86. The van der Waals surface area contributed by atoms with E-state index in [2.05, 4.69) is 20.8 Å². The van der Waals surface area contributed by atoms with Gasteiger partial charge >= 0.3 is 0 Å². The van der Waals surface area contributed by atoms with E-state index in [4.69, 9.17) is 9.51 Å². The smallest absolute Gasteiger partial charge is 0.259 e. The molecule has 7 heteroatoms. The number of fused-ring (bicyclic) bond motifs is 1. The Labute approximate surface area is 203 Å².